The maximum atomic E-state index is 12.0. The van der Waals surface area contributed by atoms with E-state index in [0.717, 1.165) is 19.3 Å². The minimum absolute atomic E-state index is 0.102. The number of Topliss-reactive ketones (excluding diaryl/α,β-unsaturated/α-hetero) is 1. The third-order valence-corrected chi connectivity index (χ3v) is 4.48. The minimum Gasteiger partial charge on any atom is -0.346 e. The zero-order valence-electron chi connectivity index (χ0n) is 10.1. The number of ketones is 1. The van der Waals surface area contributed by atoms with Crippen LogP contribution in [0, 0.1) is 5.41 Å². The normalized spacial score (nSPS) is 32.1. The first-order valence-electron chi connectivity index (χ1n) is 6.04. The van der Waals surface area contributed by atoms with Crippen molar-refractivity contribution < 1.29 is 9.59 Å². The number of hydrogen-bond acceptors (Lipinski definition) is 2. The molecular weight excluding hydrogens is 250 g/mol. The summed E-state index contributed by atoms with van der Waals surface area (Å²) in [5.74, 6) is 0.149. The van der Waals surface area contributed by atoms with E-state index in [-0.39, 0.29) is 22.6 Å². The fourth-order valence-electron chi connectivity index (χ4n) is 3.24. The van der Waals surface area contributed by atoms with E-state index in [1.54, 1.807) is 31.2 Å². The van der Waals surface area contributed by atoms with E-state index in [1.807, 2.05) is 0 Å². The molecule has 0 heterocycles. The van der Waals surface area contributed by atoms with Crippen molar-refractivity contribution in [3.05, 3.63) is 34.9 Å². The van der Waals surface area contributed by atoms with E-state index in [1.165, 1.54) is 0 Å². The lowest BCUT2D eigenvalue weighted by Gasteiger charge is -2.69. The van der Waals surface area contributed by atoms with E-state index in [9.17, 15) is 9.59 Å². The van der Waals surface area contributed by atoms with Gasteiger partial charge in [-0.15, -0.1) is 0 Å². The van der Waals surface area contributed by atoms with Crippen LogP contribution in [0.3, 0.4) is 0 Å². The van der Waals surface area contributed by atoms with Crippen molar-refractivity contribution in [2.75, 3.05) is 0 Å². The van der Waals surface area contributed by atoms with Gasteiger partial charge in [0.2, 0.25) is 0 Å². The van der Waals surface area contributed by atoms with E-state index >= 15 is 0 Å². The first-order valence-corrected chi connectivity index (χ1v) is 6.42. The lowest BCUT2D eigenvalue weighted by atomic mass is 9.38. The van der Waals surface area contributed by atoms with Gasteiger partial charge in [-0.05, 0) is 44.4 Å². The molecule has 18 heavy (non-hydrogen) atoms. The second kappa shape index (κ2) is 3.58. The highest BCUT2D eigenvalue weighted by Crippen LogP contribution is 2.67. The van der Waals surface area contributed by atoms with Gasteiger partial charge in [-0.25, -0.2) is 0 Å². The van der Waals surface area contributed by atoms with Crippen molar-refractivity contribution in [1.29, 1.82) is 0 Å². The van der Waals surface area contributed by atoms with Crippen molar-refractivity contribution in [2.24, 2.45) is 5.41 Å². The van der Waals surface area contributed by atoms with Crippen molar-refractivity contribution >= 4 is 23.3 Å². The van der Waals surface area contributed by atoms with Crippen molar-refractivity contribution in [3.63, 3.8) is 0 Å². The molecule has 3 aliphatic carbocycles. The van der Waals surface area contributed by atoms with Crippen LogP contribution in [-0.4, -0.2) is 17.2 Å². The maximum absolute atomic E-state index is 12.0. The fourth-order valence-corrected chi connectivity index (χ4v) is 3.43. The maximum Gasteiger partial charge on any atom is 0.251 e. The Morgan fingerprint density at radius 3 is 2.50 bits per heavy atom. The van der Waals surface area contributed by atoms with E-state index in [0.29, 0.717) is 10.6 Å². The fraction of sp³-hybridized carbons (Fsp3) is 0.429. The van der Waals surface area contributed by atoms with Crippen LogP contribution in [0.5, 0.6) is 0 Å². The summed E-state index contributed by atoms with van der Waals surface area (Å²) < 4.78 is 0. The molecule has 3 aliphatic rings. The van der Waals surface area contributed by atoms with Crippen LogP contribution in [0.1, 0.15) is 36.5 Å². The van der Waals surface area contributed by atoms with Gasteiger partial charge >= 0.3 is 0 Å². The molecule has 0 spiro atoms. The monoisotopic (exact) mass is 263 g/mol. The van der Waals surface area contributed by atoms with Gasteiger partial charge in [0.15, 0.2) is 0 Å². The number of benzene rings is 1. The predicted molar refractivity (Wildman–Crippen MR) is 68.6 cm³/mol. The van der Waals surface area contributed by atoms with Crippen LogP contribution in [-0.2, 0) is 4.79 Å². The Hall–Kier alpha value is -1.35. The van der Waals surface area contributed by atoms with Gasteiger partial charge in [-0.1, -0.05) is 17.7 Å². The molecule has 94 valence electrons. The van der Waals surface area contributed by atoms with Crippen LogP contribution in [0.15, 0.2) is 24.3 Å². The molecule has 3 nitrogen and oxygen atoms in total. The molecule has 0 aromatic heterocycles. The first-order chi connectivity index (χ1) is 8.45. The van der Waals surface area contributed by atoms with Gasteiger partial charge in [0.05, 0.1) is 0 Å². The largest absolute Gasteiger partial charge is 0.346 e. The highest BCUT2D eigenvalue weighted by atomic mass is 35.5. The van der Waals surface area contributed by atoms with Crippen LogP contribution in [0.4, 0.5) is 0 Å². The SMILES string of the molecule is CC(=O)C12CC(NC(=O)c3cccc(Cl)c3)(C1)C2. The topological polar surface area (TPSA) is 46.2 Å². The second-order valence-corrected chi connectivity index (χ2v) is 6.05. The first kappa shape index (κ1) is 11.7. The standard InChI is InChI=1S/C14H14ClNO2/c1-9(17)13-6-14(7-13,8-13)16-12(18)10-3-2-4-11(15)5-10/h2-5H,6-8H2,1H3,(H,16,18). The quantitative estimate of drug-likeness (QED) is 0.911. The van der Waals surface area contributed by atoms with Gasteiger partial charge in [0, 0.05) is 21.5 Å². The molecule has 0 saturated heterocycles. The van der Waals surface area contributed by atoms with Crippen LogP contribution < -0.4 is 5.32 Å². The number of halogens is 1. The highest BCUT2D eigenvalue weighted by molar-refractivity contribution is 6.30. The smallest absolute Gasteiger partial charge is 0.251 e. The molecule has 0 atom stereocenters. The number of carbonyl (C=O) groups is 2. The number of carbonyl (C=O) groups excluding carboxylic acids is 2. The summed E-state index contributed by atoms with van der Waals surface area (Å²) in [6, 6.07) is 6.90. The van der Waals surface area contributed by atoms with Crippen molar-refractivity contribution in [3.8, 4) is 0 Å². The molecule has 4 heteroatoms. The third-order valence-electron chi connectivity index (χ3n) is 4.24. The van der Waals surface area contributed by atoms with Crippen molar-refractivity contribution in [1.82, 2.24) is 5.32 Å². The molecule has 0 aliphatic heterocycles. The summed E-state index contributed by atoms with van der Waals surface area (Å²) in [6.45, 7) is 1.64. The second-order valence-electron chi connectivity index (χ2n) is 5.61. The number of rotatable bonds is 3. The number of nitrogens with one attached hydrogen (secondary N) is 1. The molecule has 2 bridgehead atoms. The van der Waals surface area contributed by atoms with Crippen molar-refractivity contribution in [2.45, 2.75) is 31.7 Å². The average molecular weight is 264 g/mol. The summed E-state index contributed by atoms with van der Waals surface area (Å²) >= 11 is 5.86. The zero-order chi connectivity index (χ0) is 13.0. The number of amides is 1. The summed E-state index contributed by atoms with van der Waals surface area (Å²) in [5, 5.41) is 3.59. The molecule has 3 fully saturated rings. The van der Waals surface area contributed by atoms with Crippen LogP contribution in [0.2, 0.25) is 5.02 Å². The Kier molecular flexibility index (Phi) is 2.33. The highest BCUT2D eigenvalue weighted by Gasteiger charge is 2.70. The Morgan fingerprint density at radius 2 is 1.94 bits per heavy atom. The molecule has 1 amide bonds. The molecule has 4 rings (SSSR count). The molecule has 0 unspecified atom stereocenters. The van der Waals surface area contributed by atoms with Gasteiger partial charge in [0.1, 0.15) is 5.78 Å². The van der Waals surface area contributed by atoms with Gasteiger partial charge in [-0.3, -0.25) is 9.59 Å². The summed E-state index contributed by atoms with van der Waals surface area (Å²) in [7, 11) is 0. The molecule has 0 radical (unpaired) electrons. The summed E-state index contributed by atoms with van der Waals surface area (Å²) in [4.78, 5) is 23.4. The number of hydrogen-bond donors (Lipinski definition) is 1. The third kappa shape index (κ3) is 1.57. The zero-order valence-corrected chi connectivity index (χ0v) is 10.9. The van der Waals surface area contributed by atoms with Gasteiger partial charge in [0.25, 0.3) is 5.91 Å². The van der Waals surface area contributed by atoms with Gasteiger partial charge < -0.3 is 5.32 Å². The predicted octanol–water partition coefficient (Wildman–Crippen LogP) is 2.58. The Bertz CT molecular complexity index is 533. The van der Waals surface area contributed by atoms with Crippen LogP contribution >= 0.6 is 11.6 Å². The van der Waals surface area contributed by atoms with Gasteiger partial charge in [-0.2, -0.15) is 0 Å². The van der Waals surface area contributed by atoms with E-state index < -0.39 is 0 Å². The Balaban J connectivity index is 1.66. The molecule has 1 aromatic carbocycles. The molecule has 1 N–H and O–H groups in total. The summed E-state index contributed by atoms with van der Waals surface area (Å²) in [5.41, 5.74) is 0.316. The molecule has 1 aromatic rings. The summed E-state index contributed by atoms with van der Waals surface area (Å²) in [6.07, 6.45) is 2.38. The Labute approximate surface area is 111 Å². The average Bonchev–Trinajstić information content (AvgIpc) is 2.20. The minimum atomic E-state index is -0.134. The van der Waals surface area contributed by atoms with E-state index in [4.69, 9.17) is 11.6 Å². The lowest BCUT2D eigenvalue weighted by molar-refractivity contribution is -0.173. The van der Waals surface area contributed by atoms with E-state index in [2.05, 4.69) is 5.32 Å². The Morgan fingerprint density at radius 1 is 1.28 bits per heavy atom. The molecule has 3 saturated carbocycles. The van der Waals surface area contributed by atoms with Crippen LogP contribution in [0.25, 0.3) is 0 Å². The lowest BCUT2D eigenvalue weighted by Crippen LogP contribution is -2.76. The molecular formula is C14H14ClNO2.